The van der Waals surface area contributed by atoms with Crippen LogP contribution < -0.4 is 10.6 Å². The van der Waals surface area contributed by atoms with E-state index in [1.54, 1.807) is 0 Å². The molecule has 0 radical (unpaired) electrons. The van der Waals surface area contributed by atoms with Crippen molar-refractivity contribution in [1.29, 1.82) is 0 Å². The van der Waals surface area contributed by atoms with Crippen LogP contribution in [-0.2, 0) is 9.47 Å². The van der Waals surface area contributed by atoms with Crippen LogP contribution in [0.5, 0.6) is 0 Å². The van der Waals surface area contributed by atoms with Gasteiger partial charge >= 0.3 is 12.2 Å². The standard InChI is InChI=1S/C8H15NO2.C8H13NO2.CH4/c2*1-6(2)4-8(3)5-11-7(10)9-8;/h6H,4-5H2,1-3H3,(H,9,10);1,4-5H2,2-3H3,(H,9,10);1H4/t2*8-;/m00./s1. The summed E-state index contributed by atoms with van der Waals surface area (Å²) in [5, 5.41) is 5.54. The van der Waals surface area contributed by atoms with Gasteiger partial charge in [0.05, 0.1) is 11.1 Å². The number of nitrogens with one attached hydrogen (secondary N) is 2. The van der Waals surface area contributed by atoms with Crippen LogP contribution in [0.3, 0.4) is 0 Å². The number of amides is 2. The fourth-order valence-corrected chi connectivity index (χ4v) is 2.86. The van der Waals surface area contributed by atoms with Gasteiger partial charge in [-0.2, -0.15) is 0 Å². The summed E-state index contributed by atoms with van der Waals surface area (Å²) in [6, 6.07) is 0. The average Bonchev–Trinajstić information content (AvgIpc) is 2.81. The molecule has 6 heteroatoms. The molecule has 0 saturated carbocycles. The van der Waals surface area contributed by atoms with Gasteiger partial charge in [-0.3, -0.25) is 0 Å². The SMILES string of the molecule is C.C=C(C)C[C@@]1(C)COC(=O)N1.CC(C)C[C@@]1(C)COC(=O)N1. The maximum absolute atomic E-state index is 10.7. The minimum Gasteiger partial charge on any atom is -0.447 e. The first-order valence-electron chi connectivity index (χ1n) is 7.58. The molecule has 0 spiro atoms. The molecule has 0 aromatic rings. The van der Waals surface area contributed by atoms with E-state index in [-0.39, 0.29) is 30.7 Å². The van der Waals surface area contributed by atoms with Crippen LogP contribution in [0, 0.1) is 5.92 Å². The molecule has 6 nitrogen and oxygen atoms in total. The lowest BCUT2D eigenvalue weighted by molar-refractivity contribution is 0.171. The monoisotopic (exact) mass is 328 g/mol. The Labute approximate surface area is 140 Å². The summed E-state index contributed by atoms with van der Waals surface area (Å²) in [7, 11) is 0. The molecule has 2 heterocycles. The summed E-state index contributed by atoms with van der Waals surface area (Å²) in [6.45, 7) is 14.9. The minimum absolute atomic E-state index is 0. The Morgan fingerprint density at radius 1 is 1.13 bits per heavy atom. The molecule has 0 aromatic carbocycles. The molecular formula is C17H32N2O4. The number of hydrogen-bond acceptors (Lipinski definition) is 4. The first-order chi connectivity index (χ1) is 10.0. The first-order valence-corrected chi connectivity index (χ1v) is 7.58. The van der Waals surface area contributed by atoms with E-state index in [2.05, 4.69) is 31.1 Å². The van der Waals surface area contributed by atoms with E-state index in [0.717, 1.165) is 18.4 Å². The Hall–Kier alpha value is -1.72. The fourth-order valence-electron chi connectivity index (χ4n) is 2.86. The molecule has 2 fully saturated rings. The molecule has 134 valence electrons. The van der Waals surface area contributed by atoms with Crippen molar-refractivity contribution < 1.29 is 19.1 Å². The minimum atomic E-state index is -0.325. The van der Waals surface area contributed by atoms with Crippen molar-refractivity contribution in [3.8, 4) is 0 Å². The molecule has 23 heavy (non-hydrogen) atoms. The van der Waals surface area contributed by atoms with Crippen LogP contribution in [-0.4, -0.2) is 36.5 Å². The summed E-state index contributed by atoms with van der Waals surface area (Å²) in [4.78, 5) is 21.4. The van der Waals surface area contributed by atoms with Gasteiger partial charge < -0.3 is 20.1 Å². The summed E-state index contributed by atoms with van der Waals surface area (Å²) in [5.41, 5.74) is 0.687. The van der Waals surface area contributed by atoms with Gasteiger partial charge in [-0.15, -0.1) is 6.58 Å². The predicted molar refractivity (Wildman–Crippen MR) is 91.4 cm³/mol. The van der Waals surface area contributed by atoms with E-state index in [9.17, 15) is 9.59 Å². The van der Waals surface area contributed by atoms with E-state index < -0.39 is 0 Å². The summed E-state index contributed by atoms with van der Waals surface area (Å²) < 4.78 is 9.60. The molecule has 0 aromatic heterocycles. The zero-order valence-electron chi connectivity index (χ0n) is 14.2. The van der Waals surface area contributed by atoms with Gasteiger partial charge in [-0.1, -0.05) is 26.8 Å². The van der Waals surface area contributed by atoms with Gasteiger partial charge in [0.2, 0.25) is 0 Å². The lowest BCUT2D eigenvalue weighted by atomic mass is 9.92. The number of cyclic esters (lactones) is 2. The first kappa shape index (κ1) is 21.3. The van der Waals surface area contributed by atoms with Gasteiger partial charge in [0.1, 0.15) is 13.2 Å². The number of hydrogen-bond donors (Lipinski definition) is 2. The zero-order chi connectivity index (χ0) is 17.0. The van der Waals surface area contributed by atoms with E-state index >= 15 is 0 Å². The van der Waals surface area contributed by atoms with Gasteiger partial charge in [0.15, 0.2) is 0 Å². The normalized spacial score (nSPS) is 28.6. The average molecular weight is 328 g/mol. The number of carbonyl (C=O) groups is 2. The maximum atomic E-state index is 10.7. The Morgan fingerprint density at radius 2 is 1.57 bits per heavy atom. The number of alkyl carbamates (subject to hydrolysis) is 2. The van der Waals surface area contributed by atoms with Crippen LogP contribution in [0.1, 0.15) is 54.9 Å². The Balaban J connectivity index is 0.000000403. The molecule has 2 aliphatic heterocycles. The van der Waals surface area contributed by atoms with Crippen LogP contribution >= 0.6 is 0 Å². The smallest absolute Gasteiger partial charge is 0.407 e. The lowest BCUT2D eigenvalue weighted by Gasteiger charge is -2.22. The van der Waals surface area contributed by atoms with E-state index in [1.165, 1.54) is 0 Å². The third-order valence-corrected chi connectivity index (χ3v) is 3.40. The van der Waals surface area contributed by atoms with Crippen molar-refractivity contribution in [2.45, 2.75) is 66.0 Å². The van der Waals surface area contributed by atoms with Crippen LogP contribution in [0.2, 0.25) is 0 Å². The molecule has 2 N–H and O–H groups in total. The lowest BCUT2D eigenvalue weighted by Crippen LogP contribution is -2.41. The Kier molecular flexibility index (Phi) is 7.61. The topological polar surface area (TPSA) is 76.7 Å². The third kappa shape index (κ3) is 7.39. The second-order valence-electron chi connectivity index (χ2n) is 7.26. The quantitative estimate of drug-likeness (QED) is 0.773. The molecular weight excluding hydrogens is 296 g/mol. The van der Waals surface area contributed by atoms with Crippen molar-refractivity contribution in [3.05, 3.63) is 12.2 Å². The van der Waals surface area contributed by atoms with Crippen LogP contribution in [0.15, 0.2) is 12.2 Å². The second-order valence-corrected chi connectivity index (χ2v) is 7.26. The van der Waals surface area contributed by atoms with Gasteiger partial charge in [-0.25, -0.2) is 9.59 Å². The number of ether oxygens (including phenoxy) is 2. The molecule has 0 unspecified atom stereocenters. The van der Waals surface area contributed by atoms with E-state index in [0.29, 0.717) is 19.1 Å². The number of carbonyl (C=O) groups excluding carboxylic acids is 2. The molecule has 2 saturated heterocycles. The van der Waals surface area contributed by atoms with Crippen molar-refractivity contribution in [3.63, 3.8) is 0 Å². The van der Waals surface area contributed by atoms with Gasteiger partial charge in [0, 0.05) is 0 Å². The van der Waals surface area contributed by atoms with E-state index in [4.69, 9.17) is 9.47 Å². The highest BCUT2D eigenvalue weighted by atomic mass is 16.6. The van der Waals surface area contributed by atoms with Gasteiger partial charge in [0.25, 0.3) is 0 Å². The second kappa shape index (κ2) is 8.22. The maximum Gasteiger partial charge on any atom is 0.407 e. The van der Waals surface area contributed by atoms with Crippen LogP contribution in [0.25, 0.3) is 0 Å². The van der Waals surface area contributed by atoms with Crippen LogP contribution in [0.4, 0.5) is 9.59 Å². The summed E-state index contributed by atoms with van der Waals surface area (Å²) in [6.07, 6.45) is 1.14. The molecule has 2 aliphatic rings. The zero-order valence-corrected chi connectivity index (χ0v) is 14.2. The summed E-state index contributed by atoms with van der Waals surface area (Å²) in [5.74, 6) is 0.585. The highest BCUT2D eigenvalue weighted by Gasteiger charge is 2.35. The van der Waals surface area contributed by atoms with E-state index in [1.807, 2.05) is 20.8 Å². The van der Waals surface area contributed by atoms with Crippen molar-refractivity contribution in [2.75, 3.05) is 13.2 Å². The molecule has 2 atom stereocenters. The van der Waals surface area contributed by atoms with Crippen molar-refractivity contribution in [1.82, 2.24) is 10.6 Å². The molecule has 0 aliphatic carbocycles. The van der Waals surface area contributed by atoms with Gasteiger partial charge in [-0.05, 0) is 39.5 Å². The molecule has 2 rings (SSSR count). The molecule has 2 amide bonds. The highest BCUT2D eigenvalue weighted by Crippen LogP contribution is 2.21. The largest absolute Gasteiger partial charge is 0.447 e. The Morgan fingerprint density at radius 3 is 1.87 bits per heavy atom. The molecule has 0 bridgehead atoms. The number of rotatable bonds is 4. The Bertz CT molecular complexity index is 450. The van der Waals surface area contributed by atoms with Crippen molar-refractivity contribution in [2.24, 2.45) is 5.92 Å². The highest BCUT2D eigenvalue weighted by molar-refractivity contribution is 5.71. The fraction of sp³-hybridized carbons (Fsp3) is 0.765. The van der Waals surface area contributed by atoms with Crippen molar-refractivity contribution >= 4 is 12.2 Å². The predicted octanol–water partition coefficient (Wildman–Crippen LogP) is 3.62. The third-order valence-electron chi connectivity index (χ3n) is 3.40. The summed E-state index contributed by atoms with van der Waals surface area (Å²) >= 11 is 0.